The van der Waals surface area contributed by atoms with E-state index in [1.54, 1.807) is 0 Å². The minimum atomic E-state index is 0.502. The Hall–Kier alpha value is -0.820. The zero-order chi connectivity index (χ0) is 11.8. The van der Waals surface area contributed by atoms with Gasteiger partial charge in [0.25, 0.3) is 0 Å². The molecule has 1 atom stereocenters. The second-order valence-electron chi connectivity index (χ2n) is 6.00. The van der Waals surface area contributed by atoms with Crippen molar-refractivity contribution in [2.24, 2.45) is 11.8 Å². The van der Waals surface area contributed by atoms with Crippen molar-refractivity contribution >= 4 is 0 Å². The maximum atomic E-state index is 3.88. The highest BCUT2D eigenvalue weighted by atomic mass is 15.0. The van der Waals surface area contributed by atoms with Gasteiger partial charge in [-0.2, -0.15) is 0 Å². The summed E-state index contributed by atoms with van der Waals surface area (Å²) in [5, 5.41) is 3.88. The Bertz CT molecular complexity index is 361. The lowest BCUT2D eigenvalue weighted by Crippen LogP contribution is -2.35. The molecule has 1 aromatic carbocycles. The van der Waals surface area contributed by atoms with E-state index in [0.29, 0.717) is 6.04 Å². The standard InChI is InChI=1S/C16H23N/c1-11-3-5-13(6-4-11)12(2)17-16(14-7-8-14)15-9-10-15/h3-6,12,14-17H,7-10H2,1-2H3/t12-/m0/s1. The lowest BCUT2D eigenvalue weighted by atomic mass is 10.0. The van der Waals surface area contributed by atoms with Gasteiger partial charge in [0.2, 0.25) is 0 Å². The molecule has 3 rings (SSSR count). The molecule has 2 aliphatic carbocycles. The summed E-state index contributed by atoms with van der Waals surface area (Å²) in [6, 6.07) is 10.3. The summed E-state index contributed by atoms with van der Waals surface area (Å²) in [6.07, 6.45) is 5.81. The molecule has 2 saturated carbocycles. The van der Waals surface area contributed by atoms with Gasteiger partial charge in [0.15, 0.2) is 0 Å². The molecule has 0 aliphatic heterocycles. The molecule has 1 N–H and O–H groups in total. The molecule has 1 aromatic rings. The van der Waals surface area contributed by atoms with Gasteiger partial charge in [0.1, 0.15) is 0 Å². The van der Waals surface area contributed by atoms with Crippen molar-refractivity contribution in [2.75, 3.05) is 0 Å². The first-order valence-electron chi connectivity index (χ1n) is 7.06. The molecule has 1 heteroatoms. The molecule has 0 bridgehead atoms. The molecule has 2 fully saturated rings. The lowest BCUT2D eigenvalue weighted by Gasteiger charge is -2.23. The van der Waals surface area contributed by atoms with Crippen LogP contribution in [-0.4, -0.2) is 6.04 Å². The fourth-order valence-corrected chi connectivity index (χ4v) is 2.81. The second kappa shape index (κ2) is 4.45. The van der Waals surface area contributed by atoms with E-state index in [1.165, 1.54) is 36.8 Å². The highest BCUT2D eigenvalue weighted by Crippen LogP contribution is 2.45. The number of hydrogen-bond donors (Lipinski definition) is 1. The zero-order valence-corrected chi connectivity index (χ0v) is 10.9. The van der Waals surface area contributed by atoms with Crippen LogP contribution in [-0.2, 0) is 0 Å². The Morgan fingerprint density at radius 1 is 1.00 bits per heavy atom. The predicted octanol–water partition coefficient (Wildman–Crippen LogP) is 3.83. The fourth-order valence-electron chi connectivity index (χ4n) is 2.81. The van der Waals surface area contributed by atoms with Gasteiger partial charge in [-0.1, -0.05) is 29.8 Å². The SMILES string of the molecule is Cc1ccc([C@H](C)NC(C2CC2)C2CC2)cc1. The molecule has 0 heterocycles. The van der Waals surface area contributed by atoms with Gasteiger partial charge in [-0.05, 0) is 56.9 Å². The predicted molar refractivity (Wildman–Crippen MR) is 72.0 cm³/mol. The average molecular weight is 229 g/mol. The van der Waals surface area contributed by atoms with Gasteiger partial charge in [-0.25, -0.2) is 0 Å². The molecular weight excluding hydrogens is 206 g/mol. The van der Waals surface area contributed by atoms with Gasteiger partial charge in [-0.3, -0.25) is 0 Å². The minimum Gasteiger partial charge on any atom is -0.307 e. The second-order valence-corrected chi connectivity index (χ2v) is 6.00. The van der Waals surface area contributed by atoms with E-state index in [4.69, 9.17) is 0 Å². The third-order valence-corrected chi connectivity index (χ3v) is 4.28. The van der Waals surface area contributed by atoms with Gasteiger partial charge in [0.05, 0.1) is 0 Å². The molecule has 92 valence electrons. The molecule has 0 aromatic heterocycles. The number of benzene rings is 1. The maximum Gasteiger partial charge on any atom is 0.0294 e. The minimum absolute atomic E-state index is 0.502. The molecule has 1 nitrogen and oxygen atoms in total. The van der Waals surface area contributed by atoms with Gasteiger partial charge in [0, 0.05) is 12.1 Å². The van der Waals surface area contributed by atoms with Crippen molar-refractivity contribution in [1.29, 1.82) is 0 Å². The van der Waals surface area contributed by atoms with E-state index in [2.05, 4.69) is 43.4 Å². The molecule has 0 amide bonds. The number of aryl methyl sites for hydroxylation is 1. The van der Waals surface area contributed by atoms with Crippen LogP contribution in [0.1, 0.15) is 49.8 Å². The molecule has 0 saturated heterocycles. The normalized spacial score (nSPS) is 21.8. The molecule has 17 heavy (non-hydrogen) atoms. The van der Waals surface area contributed by atoms with Crippen LogP contribution in [0.3, 0.4) is 0 Å². The number of hydrogen-bond acceptors (Lipinski definition) is 1. The summed E-state index contributed by atoms with van der Waals surface area (Å²) in [6.45, 7) is 4.46. The highest BCUT2D eigenvalue weighted by Gasteiger charge is 2.41. The third kappa shape index (κ3) is 2.71. The highest BCUT2D eigenvalue weighted by molar-refractivity contribution is 5.24. The van der Waals surface area contributed by atoms with Crippen LogP contribution in [0.15, 0.2) is 24.3 Å². The van der Waals surface area contributed by atoms with E-state index in [-0.39, 0.29) is 0 Å². The lowest BCUT2D eigenvalue weighted by molar-refractivity contribution is 0.377. The van der Waals surface area contributed by atoms with Gasteiger partial charge >= 0.3 is 0 Å². The van der Waals surface area contributed by atoms with Crippen LogP contribution in [0.5, 0.6) is 0 Å². The van der Waals surface area contributed by atoms with E-state index in [9.17, 15) is 0 Å². The maximum absolute atomic E-state index is 3.88. The summed E-state index contributed by atoms with van der Waals surface area (Å²) >= 11 is 0. The molecule has 2 aliphatic rings. The van der Waals surface area contributed by atoms with E-state index in [0.717, 1.165) is 17.9 Å². The third-order valence-electron chi connectivity index (χ3n) is 4.28. The monoisotopic (exact) mass is 229 g/mol. The van der Waals surface area contributed by atoms with Crippen LogP contribution in [0, 0.1) is 18.8 Å². The smallest absolute Gasteiger partial charge is 0.0294 e. The quantitative estimate of drug-likeness (QED) is 0.809. The summed E-state index contributed by atoms with van der Waals surface area (Å²) < 4.78 is 0. The topological polar surface area (TPSA) is 12.0 Å². The Kier molecular flexibility index (Phi) is 2.96. The van der Waals surface area contributed by atoms with Crippen molar-refractivity contribution in [1.82, 2.24) is 5.32 Å². The van der Waals surface area contributed by atoms with Crippen molar-refractivity contribution in [2.45, 2.75) is 51.6 Å². The van der Waals surface area contributed by atoms with Gasteiger partial charge < -0.3 is 5.32 Å². The van der Waals surface area contributed by atoms with E-state index < -0.39 is 0 Å². The fraction of sp³-hybridized carbons (Fsp3) is 0.625. The van der Waals surface area contributed by atoms with Crippen molar-refractivity contribution in [3.05, 3.63) is 35.4 Å². The Balaban J connectivity index is 1.64. The van der Waals surface area contributed by atoms with Gasteiger partial charge in [-0.15, -0.1) is 0 Å². The Morgan fingerprint density at radius 2 is 1.53 bits per heavy atom. The molecule has 0 unspecified atom stereocenters. The Labute approximate surface area is 105 Å². The molecule has 0 spiro atoms. The van der Waals surface area contributed by atoms with Crippen LogP contribution in [0.25, 0.3) is 0 Å². The summed E-state index contributed by atoms with van der Waals surface area (Å²) in [5.74, 6) is 1.96. The zero-order valence-electron chi connectivity index (χ0n) is 10.9. The van der Waals surface area contributed by atoms with Crippen molar-refractivity contribution in [3.8, 4) is 0 Å². The first-order chi connectivity index (χ1) is 8.24. The van der Waals surface area contributed by atoms with Crippen molar-refractivity contribution < 1.29 is 0 Å². The van der Waals surface area contributed by atoms with Crippen LogP contribution < -0.4 is 5.32 Å². The van der Waals surface area contributed by atoms with E-state index in [1.807, 2.05) is 0 Å². The first-order valence-corrected chi connectivity index (χ1v) is 7.06. The van der Waals surface area contributed by atoms with Crippen LogP contribution in [0.2, 0.25) is 0 Å². The summed E-state index contributed by atoms with van der Waals surface area (Å²) in [7, 11) is 0. The number of nitrogens with one attached hydrogen (secondary N) is 1. The Morgan fingerprint density at radius 3 is 2.00 bits per heavy atom. The average Bonchev–Trinajstić information content (AvgIpc) is 3.17. The molecular formula is C16H23N. The van der Waals surface area contributed by atoms with Crippen molar-refractivity contribution in [3.63, 3.8) is 0 Å². The van der Waals surface area contributed by atoms with Crippen LogP contribution >= 0.6 is 0 Å². The largest absolute Gasteiger partial charge is 0.307 e. The number of rotatable bonds is 5. The summed E-state index contributed by atoms with van der Waals surface area (Å²) in [4.78, 5) is 0. The first kappa shape index (κ1) is 11.3. The van der Waals surface area contributed by atoms with E-state index >= 15 is 0 Å². The summed E-state index contributed by atoms with van der Waals surface area (Å²) in [5.41, 5.74) is 2.78. The van der Waals surface area contributed by atoms with Crippen LogP contribution in [0.4, 0.5) is 0 Å². The molecule has 0 radical (unpaired) electrons.